The molecule has 0 aromatic heterocycles. The molecule has 0 bridgehead atoms. The zero-order valence-electron chi connectivity index (χ0n) is 9.76. The normalized spacial score (nSPS) is 18.0. The molecular weight excluding hydrogens is 168 g/mol. The highest BCUT2D eigenvalue weighted by Gasteiger charge is 2.10. The average molecular weight is 192 g/mol. The van der Waals surface area contributed by atoms with Crippen molar-refractivity contribution in [2.75, 3.05) is 0 Å². The van der Waals surface area contributed by atoms with Gasteiger partial charge >= 0.3 is 0 Å². The third-order valence-electron chi connectivity index (χ3n) is 3.14. The third-order valence-corrected chi connectivity index (χ3v) is 3.14. The first-order chi connectivity index (χ1) is 6.88. The molecule has 0 N–H and O–H groups in total. The van der Waals surface area contributed by atoms with E-state index >= 15 is 0 Å². The highest BCUT2D eigenvalue weighted by Crippen LogP contribution is 2.26. The SMILES string of the molecule is CCCCCC(CC)C1=CCCC=C1. The topological polar surface area (TPSA) is 0 Å². The van der Waals surface area contributed by atoms with E-state index in [9.17, 15) is 0 Å². The molecule has 0 saturated carbocycles. The third kappa shape index (κ3) is 3.69. The fraction of sp³-hybridized carbons (Fsp3) is 0.714. The van der Waals surface area contributed by atoms with Crippen molar-refractivity contribution in [1.82, 2.24) is 0 Å². The van der Waals surface area contributed by atoms with Crippen LogP contribution in [0.1, 0.15) is 58.8 Å². The first-order valence-electron chi connectivity index (χ1n) is 6.25. The van der Waals surface area contributed by atoms with Crippen molar-refractivity contribution in [3.05, 3.63) is 23.8 Å². The Morgan fingerprint density at radius 2 is 2.07 bits per heavy atom. The van der Waals surface area contributed by atoms with Crippen LogP contribution >= 0.6 is 0 Å². The Morgan fingerprint density at radius 1 is 1.21 bits per heavy atom. The molecule has 1 unspecified atom stereocenters. The van der Waals surface area contributed by atoms with Gasteiger partial charge in [-0.2, -0.15) is 0 Å². The van der Waals surface area contributed by atoms with Crippen LogP contribution in [-0.4, -0.2) is 0 Å². The van der Waals surface area contributed by atoms with Gasteiger partial charge in [0.1, 0.15) is 0 Å². The number of allylic oxidation sites excluding steroid dienone is 4. The van der Waals surface area contributed by atoms with Crippen LogP contribution in [-0.2, 0) is 0 Å². The Kier molecular flexibility index (Phi) is 5.66. The van der Waals surface area contributed by atoms with Gasteiger partial charge in [-0.1, -0.05) is 51.3 Å². The summed E-state index contributed by atoms with van der Waals surface area (Å²) < 4.78 is 0. The Balaban J connectivity index is 2.36. The predicted molar refractivity (Wildman–Crippen MR) is 64.4 cm³/mol. The molecule has 0 amide bonds. The molecule has 0 heteroatoms. The molecule has 0 saturated heterocycles. The average Bonchev–Trinajstić information content (AvgIpc) is 2.26. The van der Waals surface area contributed by atoms with Crippen molar-refractivity contribution in [2.45, 2.75) is 58.8 Å². The van der Waals surface area contributed by atoms with E-state index in [0.717, 1.165) is 5.92 Å². The maximum absolute atomic E-state index is 2.44. The Morgan fingerprint density at radius 3 is 2.64 bits per heavy atom. The summed E-state index contributed by atoms with van der Waals surface area (Å²) in [5.74, 6) is 0.832. The van der Waals surface area contributed by atoms with E-state index in [2.05, 4.69) is 32.1 Å². The minimum Gasteiger partial charge on any atom is -0.0840 e. The molecule has 0 aliphatic heterocycles. The molecule has 14 heavy (non-hydrogen) atoms. The van der Waals surface area contributed by atoms with E-state index in [-0.39, 0.29) is 0 Å². The van der Waals surface area contributed by atoms with Crippen LogP contribution in [0.5, 0.6) is 0 Å². The molecular formula is C14H24. The molecule has 0 fully saturated rings. The summed E-state index contributed by atoms with van der Waals surface area (Å²) in [4.78, 5) is 0. The minimum atomic E-state index is 0.832. The van der Waals surface area contributed by atoms with Crippen molar-refractivity contribution in [3.8, 4) is 0 Å². The van der Waals surface area contributed by atoms with Gasteiger partial charge < -0.3 is 0 Å². The zero-order valence-corrected chi connectivity index (χ0v) is 9.76. The van der Waals surface area contributed by atoms with E-state index in [1.54, 1.807) is 5.57 Å². The second kappa shape index (κ2) is 6.86. The Bertz CT molecular complexity index is 198. The molecule has 1 atom stereocenters. The van der Waals surface area contributed by atoms with Gasteiger partial charge in [0.15, 0.2) is 0 Å². The number of unbranched alkanes of at least 4 members (excludes halogenated alkanes) is 2. The molecule has 0 heterocycles. The van der Waals surface area contributed by atoms with Gasteiger partial charge in [-0.25, -0.2) is 0 Å². The van der Waals surface area contributed by atoms with E-state index in [1.807, 2.05) is 0 Å². The largest absolute Gasteiger partial charge is 0.0840 e. The van der Waals surface area contributed by atoms with Crippen LogP contribution in [0.2, 0.25) is 0 Å². The van der Waals surface area contributed by atoms with Crippen LogP contribution in [0.25, 0.3) is 0 Å². The summed E-state index contributed by atoms with van der Waals surface area (Å²) in [5, 5.41) is 0. The first-order valence-corrected chi connectivity index (χ1v) is 6.25. The van der Waals surface area contributed by atoms with Crippen molar-refractivity contribution >= 4 is 0 Å². The molecule has 1 aliphatic rings. The molecule has 0 aromatic rings. The number of hydrogen-bond acceptors (Lipinski definition) is 0. The summed E-state index contributed by atoms with van der Waals surface area (Å²) >= 11 is 0. The second-order valence-corrected chi connectivity index (χ2v) is 4.28. The molecule has 1 aliphatic carbocycles. The van der Waals surface area contributed by atoms with Crippen molar-refractivity contribution < 1.29 is 0 Å². The molecule has 0 radical (unpaired) electrons. The lowest BCUT2D eigenvalue weighted by molar-refractivity contribution is 0.509. The Hall–Kier alpha value is -0.520. The lowest BCUT2D eigenvalue weighted by Crippen LogP contribution is -2.03. The standard InChI is InChI=1S/C14H24/c1-3-5-7-10-13(4-2)14-11-8-6-9-12-14/h8,11-13H,3-7,9-10H2,1-2H3. The van der Waals surface area contributed by atoms with E-state index < -0.39 is 0 Å². The summed E-state index contributed by atoms with van der Waals surface area (Å²) in [5.41, 5.74) is 1.61. The lowest BCUT2D eigenvalue weighted by atomic mass is 9.88. The van der Waals surface area contributed by atoms with E-state index in [4.69, 9.17) is 0 Å². The van der Waals surface area contributed by atoms with Gasteiger partial charge in [0.25, 0.3) is 0 Å². The fourth-order valence-corrected chi connectivity index (χ4v) is 2.18. The van der Waals surface area contributed by atoms with E-state index in [1.165, 1.54) is 44.9 Å². The summed E-state index contributed by atoms with van der Waals surface area (Å²) in [7, 11) is 0. The van der Waals surface area contributed by atoms with Gasteiger partial charge in [0.2, 0.25) is 0 Å². The smallest absolute Gasteiger partial charge is 0.0168 e. The maximum atomic E-state index is 2.44. The molecule has 80 valence electrons. The summed E-state index contributed by atoms with van der Waals surface area (Å²) in [6.45, 7) is 4.60. The van der Waals surface area contributed by atoms with Gasteiger partial charge in [0, 0.05) is 0 Å². The summed E-state index contributed by atoms with van der Waals surface area (Å²) in [6.07, 6.45) is 16.5. The first kappa shape index (κ1) is 11.6. The second-order valence-electron chi connectivity index (χ2n) is 4.28. The van der Waals surface area contributed by atoms with Gasteiger partial charge in [0.05, 0.1) is 0 Å². The number of rotatable bonds is 6. The van der Waals surface area contributed by atoms with Crippen molar-refractivity contribution in [2.24, 2.45) is 5.92 Å². The van der Waals surface area contributed by atoms with Crippen LogP contribution in [0.3, 0.4) is 0 Å². The van der Waals surface area contributed by atoms with Crippen LogP contribution < -0.4 is 0 Å². The fourth-order valence-electron chi connectivity index (χ4n) is 2.18. The van der Waals surface area contributed by atoms with Crippen LogP contribution in [0.4, 0.5) is 0 Å². The molecule has 0 nitrogen and oxygen atoms in total. The highest BCUT2D eigenvalue weighted by atomic mass is 14.2. The predicted octanol–water partition coefficient (Wildman–Crippen LogP) is 4.87. The highest BCUT2D eigenvalue weighted by molar-refractivity contribution is 5.24. The zero-order chi connectivity index (χ0) is 10.2. The quantitative estimate of drug-likeness (QED) is 0.527. The molecule has 0 aromatic carbocycles. The Labute approximate surface area is 89.1 Å². The molecule has 1 rings (SSSR count). The molecule has 0 spiro atoms. The maximum Gasteiger partial charge on any atom is -0.0168 e. The van der Waals surface area contributed by atoms with Gasteiger partial charge in [-0.05, 0) is 37.2 Å². The monoisotopic (exact) mass is 192 g/mol. The van der Waals surface area contributed by atoms with Crippen LogP contribution in [0.15, 0.2) is 23.8 Å². The number of hydrogen-bond donors (Lipinski definition) is 0. The van der Waals surface area contributed by atoms with Crippen LogP contribution in [0, 0.1) is 5.92 Å². The van der Waals surface area contributed by atoms with E-state index in [0.29, 0.717) is 0 Å². The van der Waals surface area contributed by atoms with Crippen molar-refractivity contribution in [3.63, 3.8) is 0 Å². The summed E-state index contributed by atoms with van der Waals surface area (Å²) in [6, 6.07) is 0. The van der Waals surface area contributed by atoms with Crippen molar-refractivity contribution in [1.29, 1.82) is 0 Å². The minimum absolute atomic E-state index is 0.832. The van der Waals surface area contributed by atoms with Gasteiger partial charge in [-0.3, -0.25) is 0 Å². The van der Waals surface area contributed by atoms with Gasteiger partial charge in [-0.15, -0.1) is 0 Å². The lowest BCUT2D eigenvalue weighted by Gasteiger charge is -2.18.